The number of nitrogens with zero attached hydrogens (tertiary/aromatic N) is 9. The highest BCUT2D eigenvalue weighted by atomic mass is 19.1. The molecule has 364 valence electrons. The lowest BCUT2D eigenvalue weighted by atomic mass is 10.1. The van der Waals surface area contributed by atoms with E-state index in [1.165, 1.54) is 11.6 Å². The van der Waals surface area contributed by atoms with Crippen LogP contribution in [-0.4, -0.2) is 128 Å². The van der Waals surface area contributed by atoms with E-state index in [4.69, 9.17) is 10.7 Å². The number of nitrogens with one attached hydrogen (secondary N) is 2. The summed E-state index contributed by atoms with van der Waals surface area (Å²) in [5.41, 5.74) is 14.7. The summed E-state index contributed by atoms with van der Waals surface area (Å²) in [6.07, 6.45) is 5.52. The van der Waals surface area contributed by atoms with E-state index in [2.05, 4.69) is 54.7 Å². The minimum atomic E-state index is -0.702. The number of aryl methyl sites for hydroxylation is 1. The fourth-order valence-corrected chi connectivity index (χ4v) is 10.0. The molecule has 1 atom stereocenters. The number of rotatable bonds is 18. The van der Waals surface area contributed by atoms with E-state index >= 15 is 4.39 Å². The van der Waals surface area contributed by atoms with Crippen LogP contribution in [0.15, 0.2) is 91.1 Å². The molecule has 0 radical (unpaired) electrons. The van der Waals surface area contributed by atoms with Crippen LogP contribution in [0.5, 0.6) is 0 Å². The van der Waals surface area contributed by atoms with Gasteiger partial charge < -0.3 is 30.7 Å². The highest BCUT2D eigenvalue weighted by Gasteiger charge is 2.37. The van der Waals surface area contributed by atoms with Crippen LogP contribution in [0.1, 0.15) is 71.9 Å². The van der Waals surface area contributed by atoms with Crippen molar-refractivity contribution in [2.45, 2.75) is 71.6 Å². The molecule has 3 aromatic heterocycles. The Hall–Kier alpha value is -7.24. The molecule has 2 saturated heterocycles. The monoisotopic (exact) mass is 948 g/mol. The lowest BCUT2D eigenvalue weighted by molar-refractivity contribution is -0.132. The molecule has 6 heterocycles. The molecular weight excluding hydrogens is 888 g/mol. The number of hydrogen-bond acceptors (Lipinski definition) is 12. The summed E-state index contributed by atoms with van der Waals surface area (Å²) in [4.78, 5) is 74.3. The normalized spacial score (nSPS) is 15.9. The first-order valence-corrected chi connectivity index (χ1v) is 24.4. The maximum absolute atomic E-state index is 15.8. The fourth-order valence-electron chi connectivity index (χ4n) is 10.0. The average molecular weight is 949 g/mol. The average Bonchev–Trinajstić information content (AvgIpc) is 3.89. The third-order valence-corrected chi connectivity index (χ3v) is 13.8. The van der Waals surface area contributed by atoms with Crippen molar-refractivity contribution in [3.63, 3.8) is 0 Å². The number of halogens is 1. The van der Waals surface area contributed by atoms with Gasteiger partial charge in [-0.25, -0.2) is 19.3 Å². The Morgan fingerprint density at radius 2 is 1.64 bits per heavy atom. The maximum atomic E-state index is 15.8. The van der Waals surface area contributed by atoms with Crippen LogP contribution in [0.25, 0.3) is 28.1 Å². The van der Waals surface area contributed by atoms with Gasteiger partial charge in [0.15, 0.2) is 5.65 Å². The zero-order valence-corrected chi connectivity index (χ0v) is 39.9. The number of amides is 4. The number of unbranched alkanes of at least 4 members (excludes halogenated alkanes) is 1. The van der Waals surface area contributed by atoms with Gasteiger partial charge >= 0.3 is 0 Å². The molecule has 4 amide bonds. The van der Waals surface area contributed by atoms with E-state index in [9.17, 15) is 19.2 Å². The highest BCUT2D eigenvalue weighted by Crippen LogP contribution is 2.33. The molecule has 16 nitrogen and oxygen atoms in total. The van der Waals surface area contributed by atoms with Gasteiger partial charge in [-0.15, -0.1) is 0 Å². The zero-order chi connectivity index (χ0) is 48.7. The quantitative estimate of drug-likeness (QED) is 0.0662. The minimum Gasteiger partial charge on any atom is -0.384 e. The second-order valence-corrected chi connectivity index (χ2v) is 18.4. The molecule has 17 heteroatoms. The fraction of sp³-hybridized carbons (Fsp3) is 0.377. The van der Waals surface area contributed by atoms with Crippen LogP contribution in [0.4, 0.5) is 21.6 Å². The summed E-state index contributed by atoms with van der Waals surface area (Å²) in [6.45, 7) is 12.8. The number of carbonyl (C=O) groups excluding carboxylic acids is 4. The first kappa shape index (κ1) is 47.8. The van der Waals surface area contributed by atoms with Gasteiger partial charge in [0.05, 0.1) is 17.1 Å². The SMILES string of the molecule is CCCC(C(=O)NC=O)N1Cc2c(NCc3ccc(CN4CCN(CCCCC(=O)N5CCN(c6ccc(-n7c(C)nc8ccc(-c9ccnc(N)c9)nc87)cc6F)CC5)CC4)cc3)cccc2C1=O. The highest BCUT2D eigenvalue weighted by molar-refractivity contribution is 6.03. The van der Waals surface area contributed by atoms with Gasteiger partial charge in [0.25, 0.3) is 5.91 Å². The Balaban J connectivity index is 0.676. The number of fused-ring (bicyclic) bond motifs is 2. The molecule has 9 rings (SSSR count). The molecule has 1 unspecified atom stereocenters. The van der Waals surface area contributed by atoms with Crippen molar-refractivity contribution in [2.75, 3.05) is 74.9 Å². The van der Waals surface area contributed by atoms with Gasteiger partial charge in [-0.1, -0.05) is 43.7 Å². The number of nitrogens with two attached hydrogens (primary N) is 1. The molecule has 0 saturated carbocycles. The van der Waals surface area contributed by atoms with Crippen LogP contribution < -0.4 is 21.3 Å². The van der Waals surface area contributed by atoms with Crippen molar-refractivity contribution in [3.8, 4) is 16.9 Å². The van der Waals surface area contributed by atoms with E-state index < -0.39 is 11.9 Å². The van der Waals surface area contributed by atoms with Crippen LogP contribution in [0.2, 0.25) is 0 Å². The summed E-state index contributed by atoms with van der Waals surface area (Å²) in [5, 5.41) is 5.74. The molecule has 3 aliphatic heterocycles. The van der Waals surface area contributed by atoms with Gasteiger partial charge in [-0.3, -0.25) is 34.0 Å². The van der Waals surface area contributed by atoms with Crippen molar-refractivity contribution < 1.29 is 23.6 Å². The topological polar surface area (TPSA) is 178 Å². The van der Waals surface area contributed by atoms with E-state index in [1.807, 2.05) is 70.7 Å². The first-order valence-electron chi connectivity index (χ1n) is 24.4. The van der Waals surface area contributed by atoms with Gasteiger partial charge in [0, 0.05) is 113 Å². The summed E-state index contributed by atoms with van der Waals surface area (Å²) in [6, 6.07) is 26.2. The van der Waals surface area contributed by atoms with Crippen molar-refractivity contribution in [1.82, 2.24) is 44.4 Å². The van der Waals surface area contributed by atoms with Crippen LogP contribution in [0.3, 0.4) is 0 Å². The van der Waals surface area contributed by atoms with Crippen LogP contribution in [0, 0.1) is 12.7 Å². The lowest BCUT2D eigenvalue weighted by Crippen LogP contribution is -2.49. The third kappa shape index (κ3) is 10.6. The molecule has 0 bridgehead atoms. The second kappa shape index (κ2) is 21.6. The number of nitrogen functional groups attached to an aromatic ring is 1. The van der Waals surface area contributed by atoms with E-state index in [0.29, 0.717) is 105 Å². The number of hydrogen-bond donors (Lipinski definition) is 3. The Labute approximate surface area is 407 Å². The molecule has 2 fully saturated rings. The Morgan fingerprint density at radius 3 is 2.39 bits per heavy atom. The Bertz CT molecular complexity index is 2860. The van der Waals surface area contributed by atoms with Crippen molar-refractivity contribution in [3.05, 3.63) is 125 Å². The standard InChI is InChI=1S/C53H61FN12O4/c1-3-7-48(52(69)58-35-67)65-34-42-41(53(65)70)8-6-9-45(42)57-32-37-11-13-38(14-12-37)33-62-24-22-61(23-25-62)21-5-4-10-50(68)64-28-26-63(27-29-64)47-18-15-40(31-43(47)54)66-36(2)59-46-17-16-44(60-51(46)66)39-19-20-56-49(55)30-39/h6,8-9,11-20,30-31,35,48,57H,3-5,7,10,21-29,32-34H2,1-2H3,(H2,55,56)(H,58,67,69). The largest absolute Gasteiger partial charge is 0.384 e. The van der Waals surface area contributed by atoms with E-state index in [-0.39, 0.29) is 17.6 Å². The maximum Gasteiger partial charge on any atom is 0.255 e. The predicted octanol–water partition coefficient (Wildman–Crippen LogP) is 6.16. The number of aromatic nitrogens is 4. The van der Waals surface area contributed by atoms with Gasteiger partial charge in [-0.2, -0.15) is 0 Å². The second-order valence-electron chi connectivity index (χ2n) is 18.4. The molecule has 6 aromatic rings. The smallest absolute Gasteiger partial charge is 0.255 e. The molecule has 0 aliphatic carbocycles. The van der Waals surface area contributed by atoms with Gasteiger partial charge in [0.1, 0.15) is 29.0 Å². The number of anilines is 3. The number of carbonyl (C=O) groups is 4. The van der Waals surface area contributed by atoms with Gasteiger partial charge in [0.2, 0.25) is 18.2 Å². The number of piperazine rings is 2. The summed E-state index contributed by atoms with van der Waals surface area (Å²) >= 11 is 0. The lowest BCUT2D eigenvalue weighted by Gasteiger charge is -2.36. The van der Waals surface area contributed by atoms with Crippen molar-refractivity contribution in [2.24, 2.45) is 0 Å². The Kier molecular flexibility index (Phi) is 14.7. The summed E-state index contributed by atoms with van der Waals surface area (Å²) in [7, 11) is 0. The van der Waals surface area contributed by atoms with Gasteiger partial charge in [-0.05, 0) is 92.4 Å². The first-order chi connectivity index (χ1) is 34.1. The molecule has 70 heavy (non-hydrogen) atoms. The molecule has 4 N–H and O–H groups in total. The Morgan fingerprint density at radius 1 is 0.871 bits per heavy atom. The summed E-state index contributed by atoms with van der Waals surface area (Å²) in [5.74, 6) is 0.285. The molecule has 3 aliphatic rings. The van der Waals surface area contributed by atoms with Crippen LogP contribution >= 0.6 is 0 Å². The number of pyridine rings is 2. The predicted molar refractivity (Wildman–Crippen MR) is 269 cm³/mol. The third-order valence-electron chi connectivity index (χ3n) is 13.8. The van der Waals surface area contributed by atoms with E-state index in [1.54, 1.807) is 23.2 Å². The minimum absolute atomic E-state index is 0.165. The molecular formula is C53H61FN12O4. The number of imide groups is 1. The molecule has 3 aromatic carbocycles. The van der Waals surface area contributed by atoms with Crippen molar-refractivity contribution in [1.29, 1.82) is 0 Å². The van der Waals surface area contributed by atoms with Crippen molar-refractivity contribution >= 4 is 52.5 Å². The zero-order valence-electron chi connectivity index (χ0n) is 39.9. The van der Waals surface area contributed by atoms with E-state index in [0.717, 1.165) is 80.2 Å². The number of benzene rings is 3. The number of imidazole rings is 1. The summed E-state index contributed by atoms with van der Waals surface area (Å²) < 4.78 is 17.7. The molecule has 0 spiro atoms. The van der Waals surface area contributed by atoms with Crippen LogP contribution in [-0.2, 0) is 34.0 Å².